The lowest BCUT2D eigenvalue weighted by molar-refractivity contribution is 0.0955. The smallest absolute Gasteiger partial charge is 0.267 e. The van der Waals surface area contributed by atoms with Crippen LogP contribution in [0.1, 0.15) is 38.2 Å². The minimum atomic E-state index is -3.59. The third-order valence-electron chi connectivity index (χ3n) is 5.15. The van der Waals surface area contributed by atoms with Crippen molar-refractivity contribution in [3.05, 3.63) is 100 Å². The van der Waals surface area contributed by atoms with Crippen LogP contribution in [-0.4, -0.2) is 31.9 Å². The van der Waals surface area contributed by atoms with E-state index in [1.807, 2.05) is 39.0 Å². The highest BCUT2D eigenvalue weighted by Crippen LogP contribution is 2.18. The summed E-state index contributed by atoms with van der Waals surface area (Å²) in [5.74, 6) is -0.335. The molecule has 0 aliphatic carbocycles. The Morgan fingerprint density at radius 1 is 0.938 bits per heavy atom. The predicted molar refractivity (Wildman–Crippen MR) is 127 cm³/mol. The van der Waals surface area contributed by atoms with Gasteiger partial charge < -0.3 is 0 Å². The molecule has 7 heteroatoms. The molecule has 0 aromatic heterocycles. The van der Waals surface area contributed by atoms with Crippen molar-refractivity contribution >= 4 is 22.1 Å². The van der Waals surface area contributed by atoms with Crippen molar-refractivity contribution in [2.24, 2.45) is 5.10 Å². The van der Waals surface area contributed by atoms with Crippen LogP contribution in [0.15, 0.2) is 76.7 Å². The summed E-state index contributed by atoms with van der Waals surface area (Å²) >= 11 is 0. The van der Waals surface area contributed by atoms with Crippen molar-refractivity contribution in [3.8, 4) is 0 Å². The molecular formula is C25H27N3O3S. The Labute approximate surface area is 189 Å². The first-order valence-corrected chi connectivity index (χ1v) is 11.6. The summed E-state index contributed by atoms with van der Waals surface area (Å²) in [7, 11) is -2.05. The summed E-state index contributed by atoms with van der Waals surface area (Å²) < 4.78 is 26.8. The van der Waals surface area contributed by atoms with Crippen molar-refractivity contribution < 1.29 is 13.2 Å². The van der Waals surface area contributed by atoms with Crippen molar-refractivity contribution in [3.63, 3.8) is 0 Å². The van der Waals surface area contributed by atoms with Gasteiger partial charge in [-0.25, -0.2) is 13.8 Å². The number of hydrogen-bond acceptors (Lipinski definition) is 4. The van der Waals surface area contributed by atoms with Crippen molar-refractivity contribution in [1.82, 2.24) is 9.73 Å². The molecule has 1 N–H and O–H groups in total. The first-order valence-electron chi connectivity index (χ1n) is 10.2. The fourth-order valence-corrected chi connectivity index (χ4v) is 4.28. The largest absolute Gasteiger partial charge is 0.271 e. The lowest BCUT2D eigenvalue weighted by Gasteiger charge is -2.17. The van der Waals surface area contributed by atoms with Gasteiger partial charge in [-0.2, -0.15) is 9.41 Å². The van der Waals surface area contributed by atoms with E-state index in [0.717, 1.165) is 27.8 Å². The van der Waals surface area contributed by atoms with Crippen LogP contribution in [0, 0.1) is 20.8 Å². The van der Waals surface area contributed by atoms with Crippen molar-refractivity contribution in [2.45, 2.75) is 32.2 Å². The van der Waals surface area contributed by atoms with Crippen LogP contribution in [0.4, 0.5) is 0 Å². The summed E-state index contributed by atoms with van der Waals surface area (Å²) in [5.41, 5.74) is 7.88. The van der Waals surface area contributed by atoms with Gasteiger partial charge in [-0.1, -0.05) is 53.6 Å². The quantitative estimate of drug-likeness (QED) is 0.434. The van der Waals surface area contributed by atoms with Crippen LogP contribution in [-0.2, 0) is 16.6 Å². The Morgan fingerprint density at radius 3 is 2.22 bits per heavy atom. The topological polar surface area (TPSA) is 78.8 Å². The predicted octanol–water partition coefficient (Wildman–Crippen LogP) is 4.20. The normalized spacial score (nSPS) is 11.8. The van der Waals surface area contributed by atoms with E-state index in [4.69, 9.17) is 0 Å². The van der Waals surface area contributed by atoms with Crippen LogP contribution in [0.5, 0.6) is 0 Å². The molecule has 0 aliphatic heterocycles. The molecule has 6 nitrogen and oxygen atoms in total. The molecule has 166 valence electrons. The Kier molecular flexibility index (Phi) is 7.22. The van der Waals surface area contributed by atoms with Crippen molar-refractivity contribution in [2.75, 3.05) is 7.05 Å². The summed E-state index contributed by atoms with van der Waals surface area (Å²) in [4.78, 5) is 12.6. The average Bonchev–Trinajstić information content (AvgIpc) is 2.76. The van der Waals surface area contributed by atoms with Gasteiger partial charge >= 0.3 is 0 Å². The molecule has 0 fully saturated rings. The summed E-state index contributed by atoms with van der Waals surface area (Å²) in [6.45, 7) is 6.09. The maximum absolute atomic E-state index is 12.7. The zero-order valence-electron chi connectivity index (χ0n) is 18.7. The van der Waals surface area contributed by atoms with E-state index < -0.39 is 10.0 Å². The van der Waals surface area contributed by atoms with Gasteiger partial charge in [-0.05, 0) is 61.7 Å². The molecule has 3 aromatic rings. The van der Waals surface area contributed by atoms with E-state index in [1.165, 1.54) is 11.4 Å². The third-order valence-corrected chi connectivity index (χ3v) is 6.97. The van der Waals surface area contributed by atoms with Gasteiger partial charge in [0.2, 0.25) is 10.0 Å². The molecule has 0 spiro atoms. The number of aryl methyl sites for hydroxylation is 3. The van der Waals surface area contributed by atoms with Gasteiger partial charge in [-0.15, -0.1) is 0 Å². The molecule has 0 saturated heterocycles. The molecule has 1 amide bonds. The van der Waals surface area contributed by atoms with E-state index >= 15 is 0 Å². The highest BCUT2D eigenvalue weighted by atomic mass is 32.2. The highest BCUT2D eigenvalue weighted by Gasteiger charge is 2.20. The van der Waals surface area contributed by atoms with Crippen LogP contribution in [0.25, 0.3) is 0 Å². The molecule has 0 unspecified atom stereocenters. The maximum Gasteiger partial charge on any atom is 0.271 e. The number of nitrogens with zero attached hydrogens (tertiary/aromatic N) is 2. The Bertz CT molecular complexity index is 1230. The molecule has 0 atom stereocenters. The number of benzene rings is 3. The monoisotopic (exact) mass is 449 g/mol. The fraction of sp³-hybridized carbons (Fsp3) is 0.200. The maximum atomic E-state index is 12.7. The van der Waals surface area contributed by atoms with E-state index in [0.29, 0.717) is 5.56 Å². The summed E-state index contributed by atoms with van der Waals surface area (Å²) in [6, 6.07) is 19.6. The number of rotatable bonds is 7. The second-order valence-electron chi connectivity index (χ2n) is 7.83. The number of carbonyl (C=O) groups is 1. The number of amides is 1. The Balaban J connectivity index is 1.62. The van der Waals surface area contributed by atoms with E-state index in [9.17, 15) is 13.2 Å². The lowest BCUT2D eigenvalue weighted by atomic mass is 10.1. The van der Waals surface area contributed by atoms with Crippen LogP contribution in [0.3, 0.4) is 0 Å². The molecule has 0 saturated carbocycles. The first-order chi connectivity index (χ1) is 15.2. The molecule has 32 heavy (non-hydrogen) atoms. The number of nitrogens with one attached hydrogen (secondary N) is 1. The standard InChI is InChI=1S/C25H27N3O3S/c1-18-6-13-24(14-7-18)32(30,31)28(4)17-21-9-11-22(12-10-21)25(29)27-26-16-23-15-19(2)5-8-20(23)3/h5-16H,17H2,1-4H3,(H,27,29)/b26-16+. The second-order valence-corrected chi connectivity index (χ2v) is 9.88. The van der Waals surface area contributed by atoms with Crippen LogP contribution in [0.2, 0.25) is 0 Å². The minimum absolute atomic E-state index is 0.197. The first kappa shape index (κ1) is 23.4. The molecular weight excluding hydrogens is 422 g/mol. The summed E-state index contributed by atoms with van der Waals surface area (Å²) in [5, 5.41) is 4.05. The molecule has 0 heterocycles. The molecule has 0 radical (unpaired) electrons. The van der Waals surface area contributed by atoms with E-state index in [1.54, 1.807) is 54.7 Å². The number of carbonyl (C=O) groups excluding carboxylic acids is 1. The highest BCUT2D eigenvalue weighted by molar-refractivity contribution is 7.89. The number of sulfonamides is 1. The van der Waals surface area contributed by atoms with Gasteiger partial charge in [0.15, 0.2) is 0 Å². The van der Waals surface area contributed by atoms with Gasteiger partial charge in [0.05, 0.1) is 11.1 Å². The zero-order chi connectivity index (χ0) is 23.3. The van der Waals surface area contributed by atoms with Gasteiger partial charge in [0.25, 0.3) is 5.91 Å². The Hall–Kier alpha value is -3.29. The molecule has 0 bridgehead atoms. The van der Waals surface area contributed by atoms with E-state index in [2.05, 4.69) is 10.5 Å². The molecule has 3 aromatic carbocycles. The molecule has 3 rings (SSSR count). The van der Waals surface area contributed by atoms with Gasteiger partial charge in [-0.3, -0.25) is 4.79 Å². The van der Waals surface area contributed by atoms with Gasteiger partial charge in [0, 0.05) is 19.2 Å². The van der Waals surface area contributed by atoms with Crippen molar-refractivity contribution in [1.29, 1.82) is 0 Å². The fourth-order valence-electron chi connectivity index (χ4n) is 3.12. The van der Waals surface area contributed by atoms with Crippen LogP contribution >= 0.6 is 0 Å². The second kappa shape index (κ2) is 9.89. The third kappa shape index (κ3) is 5.69. The number of hydrazone groups is 1. The summed E-state index contributed by atoms with van der Waals surface area (Å²) in [6.07, 6.45) is 1.62. The Morgan fingerprint density at radius 2 is 1.56 bits per heavy atom. The lowest BCUT2D eigenvalue weighted by Crippen LogP contribution is -2.26. The minimum Gasteiger partial charge on any atom is -0.267 e. The van der Waals surface area contributed by atoms with Gasteiger partial charge in [0.1, 0.15) is 0 Å². The van der Waals surface area contributed by atoms with Crippen LogP contribution < -0.4 is 5.43 Å². The zero-order valence-corrected chi connectivity index (χ0v) is 19.5. The molecule has 0 aliphatic rings. The number of hydrogen-bond donors (Lipinski definition) is 1. The average molecular weight is 450 g/mol. The SMILES string of the molecule is Cc1ccc(S(=O)(=O)N(C)Cc2ccc(C(=O)N/N=C/c3cc(C)ccc3C)cc2)cc1. The van der Waals surface area contributed by atoms with E-state index in [-0.39, 0.29) is 17.3 Å².